The molecular weight excluding hydrogens is 200 g/mol. The molecule has 1 aliphatic rings. The Morgan fingerprint density at radius 2 is 2.06 bits per heavy atom. The van der Waals surface area contributed by atoms with Crippen molar-refractivity contribution in [1.29, 1.82) is 0 Å². The monoisotopic (exact) mass is 226 g/mol. The normalized spacial score (nSPS) is 31.2. The van der Waals surface area contributed by atoms with Crippen molar-refractivity contribution in [3.8, 4) is 0 Å². The van der Waals surface area contributed by atoms with E-state index in [0.717, 1.165) is 12.8 Å². The van der Waals surface area contributed by atoms with Crippen LogP contribution in [0.4, 0.5) is 0 Å². The summed E-state index contributed by atoms with van der Waals surface area (Å²) in [6.07, 6.45) is 7.55. The average Bonchev–Trinajstić information content (AvgIpc) is 2.13. The standard InChI is InChI=1S/C14H26O2/c1-11(15)7-9-14(4,16)12-6-5-8-13(2,3)10-12/h7,9,11-12,15-16H,5-6,8,10H2,1-4H3/b9-7-. The maximum atomic E-state index is 10.4. The fourth-order valence-electron chi connectivity index (χ4n) is 2.67. The minimum atomic E-state index is -0.783. The zero-order valence-corrected chi connectivity index (χ0v) is 11.0. The Kier molecular flexibility index (Phi) is 4.19. The van der Waals surface area contributed by atoms with Crippen molar-refractivity contribution in [3.63, 3.8) is 0 Å². The second-order valence-corrected chi connectivity index (χ2v) is 6.28. The van der Waals surface area contributed by atoms with Crippen LogP contribution in [0.25, 0.3) is 0 Å². The van der Waals surface area contributed by atoms with E-state index in [2.05, 4.69) is 13.8 Å². The van der Waals surface area contributed by atoms with Gasteiger partial charge in [-0.15, -0.1) is 0 Å². The molecule has 0 heterocycles. The fraction of sp³-hybridized carbons (Fsp3) is 0.857. The highest BCUT2D eigenvalue weighted by Crippen LogP contribution is 2.43. The third-order valence-electron chi connectivity index (χ3n) is 3.74. The number of aliphatic hydroxyl groups excluding tert-OH is 1. The molecule has 2 N–H and O–H groups in total. The van der Waals surface area contributed by atoms with E-state index in [1.807, 2.05) is 6.92 Å². The smallest absolute Gasteiger partial charge is 0.0828 e. The molecule has 3 unspecified atom stereocenters. The van der Waals surface area contributed by atoms with Gasteiger partial charge < -0.3 is 10.2 Å². The molecule has 1 saturated carbocycles. The van der Waals surface area contributed by atoms with Crippen LogP contribution < -0.4 is 0 Å². The van der Waals surface area contributed by atoms with Gasteiger partial charge in [0.2, 0.25) is 0 Å². The van der Waals surface area contributed by atoms with Gasteiger partial charge in [-0.05, 0) is 44.4 Å². The van der Waals surface area contributed by atoms with Crippen LogP contribution in [0.2, 0.25) is 0 Å². The summed E-state index contributed by atoms with van der Waals surface area (Å²) < 4.78 is 0. The lowest BCUT2D eigenvalue weighted by Gasteiger charge is -2.41. The molecule has 16 heavy (non-hydrogen) atoms. The second kappa shape index (κ2) is 4.89. The Hall–Kier alpha value is -0.340. The first kappa shape index (κ1) is 13.7. The molecule has 1 rings (SSSR count). The first-order valence-corrected chi connectivity index (χ1v) is 6.33. The fourth-order valence-corrected chi connectivity index (χ4v) is 2.67. The van der Waals surface area contributed by atoms with E-state index in [-0.39, 0.29) is 0 Å². The predicted molar refractivity (Wildman–Crippen MR) is 67.2 cm³/mol. The number of hydrogen-bond donors (Lipinski definition) is 2. The summed E-state index contributed by atoms with van der Waals surface area (Å²) in [5, 5.41) is 19.6. The van der Waals surface area contributed by atoms with E-state index in [9.17, 15) is 10.2 Å². The molecule has 0 aliphatic heterocycles. The molecule has 2 heteroatoms. The van der Waals surface area contributed by atoms with Gasteiger partial charge in [0.1, 0.15) is 0 Å². The summed E-state index contributed by atoms with van der Waals surface area (Å²) in [4.78, 5) is 0. The van der Waals surface area contributed by atoms with Crippen molar-refractivity contribution in [3.05, 3.63) is 12.2 Å². The highest BCUT2D eigenvalue weighted by molar-refractivity contribution is 5.05. The molecule has 0 aromatic carbocycles. The third-order valence-corrected chi connectivity index (χ3v) is 3.74. The molecule has 2 nitrogen and oxygen atoms in total. The predicted octanol–water partition coefficient (Wildman–Crippen LogP) is 2.89. The van der Waals surface area contributed by atoms with Gasteiger partial charge in [-0.25, -0.2) is 0 Å². The van der Waals surface area contributed by atoms with E-state index in [4.69, 9.17) is 0 Å². The van der Waals surface area contributed by atoms with Crippen molar-refractivity contribution >= 4 is 0 Å². The summed E-state index contributed by atoms with van der Waals surface area (Å²) >= 11 is 0. The molecule has 0 amide bonds. The highest BCUT2D eigenvalue weighted by Gasteiger charge is 2.37. The van der Waals surface area contributed by atoms with E-state index in [1.165, 1.54) is 12.8 Å². The zero-order chi connectivity index (χ0) is 12.4. The topological polar surface area (TPSA) is 40.5 Å². The van der Waals surface area contributed by atoms with Crippen LogP contribution in [0.1, 0.15) is 53.4 Å². The molecule has 0 aromatic rings. The van der Waals surface area contributed by atoms with Crippen LogP contribution in [-0.2, 0) is 0 Å². The van der Waals surface area contributed by atoms with Crippen LogP contribution in [0.3, 0.4) is 0 Å². The van der Waals surface area contributed by atoms with Gasteiger partial charge in [-0.3, -0.25) is 0 Å². The summed E-state index contributed by atoms with van der Waals surface area (Å²) in [7, 11) is 0. The number of aliphatic hydroxyl groups is 2. The summed E-state index contributed by atoms with van der Waals surface area (Å²) in [5.41, 5.74) is -0.444. The van der Waals surface area contributed by atoms with Crippen molar-refractivity contribution in [2.24, 2.45) is 11.3 Å². The molecule has 0 saturated heterocycles. The van der Waals surface area contributed by atoms with Gasteiger partial charge in [0.05, 0.1) is 11.7 Å². The number of hydrogen-bond acceptors (Lipinski definition) is 2. The molecule has 1 aliphatic carbocycles. The molecule has 0 aromatic heterocycles. The van der Waals surface area contributed by atoms with Gasteiger partial charge in [-0.2, -0.15) is 0 Å². The van der Waals surface area contributed by atoms with E-state index in [0.29, 0.717) is 11.3 Å². The minimum Gasteiger partial charge on any atom is -0.389 e. The van der Waals surface area contributed by atoms with Crippen molar-refractivity contribution < 1.29 is 10.2 Å². The molecule has 0 radical (unpaired) electrons. The molecule has 1 fully saturated rings. The van der Waals surface area contributed by atoms with Gasteiger partial charge in [0.15, 0.2) is 0 Å². The first-order chi connectivity index (χ1) is 7.23. The maximum absolute atomic E-state index is 10.4. The summed E-state index contributed by atoms with van der Waals surface area (Å²) in [6, 6.07) is 0. The van der Waals surface area contributed by atoms with E-state index >= 15 is 0 Å². The summed E-state index contributed by atoms with van der Waals surface area (Å²) in [5.74, 6) is 0.311. The maximum Gasteiger partial charge on any atom is 0.0828 e. The number of rotatable bonds is 3. The quantitative estimate of drug-likeness (QED) is 0.726. The highest BCUT2D eigenvalue weighted by atomic mass is 16.3. The lowest BCUT2D eigenvalue weighted by Crippen LogP contribution is -2.38. The second-order valence-electron chi connectivity index (χ2n) is 6.28. The molecule has 0 bridgehead atoms. The Labute approximate surface area is 99.4 Å². The van der Waals surface area contributed by atoms with Crippen molar-refractivity contribution in [1.82, 2.24) is 0 Å². The molecule has 94 valence electrons. The third kappa shape index (κ3) is 3.91. The Balaban J connectivity index is 2.68. The molecule has 0 spiro atoms. The largest absolute Gasteiger partial charge is 0.389 e. The van der Waals surface area contributed by atoms with Gasteiger partial charge in [0.25, 0.3) is 0 Å². The van der Waals surface area contributed by atoms with Crippen molar-refractivity contribution in [2.45, 2.75) is 65.1 Å². The Bertz CT molecular complexity index is 251. The van der Waals surface area contributed by atoms with Crippen LogP contribution in [0, 0.1) is 11.3 Å². The van der Waals surface area contributed by atoms with Crippen LogP contribution >= 0.6 is 0 Å². The van der Waals surface area contributed by atoms with Crippen LogP contribution in [0.15, 0.2) is 12.2 Å². The Morgan fingerprint density at radius 1 is 1.44 bits per heavy atom. The van der Waals surface area contributed by atoms with Crippen LogP contribution in [0.5, 0.6) is 0 Å². The Morgan fingerprint density at radius 3 is 2.56 bits per heavy atom. The van der Waals surface area contributed by atoms with Gasteiger partial charge in [-0.1, -0.05) is 32.4 Å². The molecule has 3 atom stereocenters. The molecular formula is C14H26O2. The van der Waals surface area contributed by atoms with Crippen molar-refractivity contribution in [2.75, 3.05) is 0 Å². The zero-order valence-electron chi connectivity index (χ0n) is 11.0. The van der Waals surface area contributed by atoms with Crippen LogP contribution in [-0.4, -0.2) is 21.9 Å². The lowest BCUT2D eigenvalue weighted by atomic mass is 9.67. The SMILES string of the molecule is CC(O)/C=C\C(C)(O)C1CCCC(C)(C)C1. The van der Waals surface area contributed by atoms with Gasteiger partial charge >= 0.3 is 0 Å². The summed E-state index contributed by atoms with van der Waals surface area (Å²) in [6.45, 7) is 8.11. The first-order valence-electron chi connectivity index (χ1n) is 6.33. The lowest BCUT2D eigenvalue weighted by molar-refractivity contribution is -0.000730. The minimum absolute atomic E-state index is 0.311. The van der Waals surface area contributed by atoms with E-state index in [1.54, 1.807) is 19.1 Å². The van der Waals surface area contributed by atoms with E-state index < -0.39 is 11.7 Å². The average molecular weight is 226 g/mol. The van der Waals surface area contributed by atoms with Gasteiger partial charge in [0, 0.05) is 0 Å².